The second kappa shape index (κ2) is 7.19. The van der Waals surface area contributed by atoms with Crippen molar-refractivity contribution in [2.24, 2.45) is 0 Å². The molecule has 3 aliphatic rings. The van der Waals surface area contributed by atoms with Crippen LogP contribution in [0.25, 0.3) is 0 Å². The zero-order valence-corrected chi connectivity index (χ0v) is 15.0. The van der Waals surface area contributed by atoms with Crippen LogP contribution >= 0.6 is 0 Å². The summed E-state index contributed by atoms with van der Waals surface area (Å²) in [5, 5.41) is 0. The Morgan fingerprint density at radius 1 is 0.630 bits per heavy atom. The van der Waals surface area contributed by atoms with Gasteiger partial charge in [0.1, 0.15) is 24.4 Å². The van der Waals surface area contributed by atoms with Crippen molar-refractivity contribution in [2.45, 2.75) is 50.2 Å². The largest absolute Gasteiger partial charge is 0.341 e. The molecule has 3 heterocycles. The monoisotopic (exact) mass is 366 g/mol. The van der Waals surface area contributed by atoms with Gasteiger partial charge in [0.15, 0.2) is 18.9 Å². The Morgan fingerprint density at radius 2 is 1.22 bits per heavy atom. The summed E-state index contributed by atoms with van der Waals surface area (Å²) < 4.78 is 30.8. The van der Waals surface area contributed by atoms with Gasteiger partial charge in [-0.25, -0.2) is 0 Å². The molecule has 0 spiro atoms. The summed E-state index contributed by atoms with van der Waals surface area (Å²) in [6.07, 6.45) is 1.59. The Bertz CT molecular complexity index is 793. The minimum absolute atomic E-state index is 0.216. The van der Waals surface area contributed by atoms with E-state index < -0.39 is 18.9 Å². The van der Waals surface area contributed by atoms with E-state index in [4.69, 9.17) is 23.7 Å². The average molecular weight is 366 g/mol. The van der Waals surface area contributed by atoms with Crippen LogP contribution in [0.2, 0.25) is 0 Å². The van der Waals surface area contributed by atoms with Crippen LogP contribution in [0.5, 0.6) is 0 Å². The molecule has 7 unspecified atom stereocenters. The standard InChI is InChI=1S/C22H22O5/c1-2-9-16-17-18(25-20(23-16)14-10-5-3-6-11-14)19-22(24-17)27-21(26-19)15-12-7-4-8-13-15/h2-13,16-22H,1H3/b9-2-. The maximum Gasteiger partial charge on any atom is 0.190 e. The fourth-order valence-corrected chi connectivity index (χ4v) is 3.89. The first-order chi connectivity index (χ1) is 13.3. The van der Waals surface area contributed by atoms with Crippen molar-refractivity contribution < 1.29 is 23.7 Å². The molecule has 0 bridgehead atoms. The summed E-state index contributed by atoms with van der Waals surface area (Å²) in [6.45, 7) is 1.97. The topological polar surface area (TPSA) is 46.2 Å². The molecule has 27 heavy (non-hydrogen) atoms. The van der Waals surface area contributed by atoms with E-state index in [1.165, 1.54) is 0 Å². The lowest BCUT2D eigenvalue weighted by molar-refractivity contribution is -0.291. The van der Waals surface area contributed by atoms with Crippen molar-refractivity contribution in [2.75, 3.05) is 0 Å². The van der Waals surface area contributed by atoms with Gasteiger partial charge in [0.2, 0.25) is 0 Å². The molecule has 5 rings (SSSR count). The smallest absolute Gasteiger partial charge is 0.190 e. The molecule has 3 aliphatic heterocycles. The van der Waals surface area contributed by atoms with Gasteiger partial charge in [-0.2, -0.15) is 0 Å². The van der Waals surface area contributed by atoms with E-state index in [0.29, 0.717) is 0 Å². The van der Waals surface area contributed by atoms with Crippen molar-refractivity contribution in [3.05, 3.63) is 83.9 Å². The summed E-state index contributed by atoms with van der Waals surface area (Å²) in [5.41, 5.74) is 1.95. The minimum atomic E-state index is -0.463. The number of allylic oxidation sites excluding steroid dienone is 1. The number of hydrogen-bond donors (Lipinski definition) is 0. The highest BCUT2D eigenvalue weighted by atomic mass is 16.8. The Kier molecular flexibility index (Phi) is 4.55. The van der Waals surface area contributed by atoms with E-state index in [1.807, 2.05) is 79.7 Å². The highest BCUT2D eigenvalue weighted by Gasteiger charge is 2.58. The normalized spacial score (nSPS) is 38.0. The van der Waals surface area contributed by atoms with Gasteiger partial charge in [-0.15, -0.1) is 0 Å². The third-order valence-corrected chi connectivity index (χ3v) is 5.16. The maximum atomic E-state index is 6.29. The molecular formula is C22H22O5. The molecule has 0 aliphatic carbocycles. The summed E-state index contributed by atoms with van der Waals surface area (Å²) in [6, 6.07) is 19.8. The molecule has 0 amide bonds. The SMILES string of the molecule is C/C=C\C1OC(c2ccccc2)OC2C1OC1OC(c3ccccc3)OC12. The molecule has 0 aromatic heterocycles. The zero-order valence-electron chi connectivity index (χ0n) is 15.0. The predicted molar refractivity (Wildman–Crippen MR) is 97.5 cm³/mol. The second-order valence-corrected chi connectivity index (χ2v) is 6.92. The Morgan fingerprint density at radius 3 is 1.85 bits per heavy atom. The van der Waals surface area contributed by atoms with Gasteiger partial charge in [-0.05, 0) is 6.92 Å². The van der Waals surface area contributed by atoms with Crippen LogP contribution in [0.4, 0.5) is 0 Å². The average Bonchev–Trinajstić information content (AvgIpc) is 3.28. The molecule has 0 N–H and O–H groups in total. The van der Waals surface area contributed by atoms with Crippen LogP contribution < -0.4 is 0 Å². The molecule has 2 aromatic rings. The molecule has 5 nitrogen and oxygen atoms in total. The van der Waals surface area contributed by atoms with Crippen molar-refractivity contribution in [1.29, 1.82) is 0 Å². The van der Waals surface area contributed by atoms with Gasteiger partial charge < -0.3 is 23.7 Å². The summed E-state index contributed by atoms with van der Waals surface area (Å²) in [5.74, 6) is 0. The van der Waals surface area contributed by atoms with Gasteiger partial charge in [-0.3, -0.25) is 0 Å². The van der Waals surface area contributed by atoms with Crippen LogP contribution in [0.1, 0.15) is 30.6 Å². The van der Waals surface area contributed by atoms with Gasteiger partial charge in [0.05, 0.1) is 0 Å². The summed E-state index contributed by atoms with van der Waals surface area (Å²) >= 11 is 0. The molecule has 3 saturated heterocycles. The third kappa shape index (κ3) is 3.12. The first-order valence-electron chi connectivity index (χ1n) is 9.33. The Labute approximate surface area is 158 Å². The van der Waals surface area contributed by atoms with E-state index in [0.717, 1.165) is 11.1 Å². The van der Waals surface area contributed by atoms with Crippen molar-refractivity contribution in [3.63, 3.8) is 0 Å². The lowest BCUT2D eigenvalue weighted by atomic mass is 10.0. The number of benzene rings is 2. The molecular weight excluding hydrogens is 344 g/mol. The first-order valence-corrected chi connectivity index (χ1v) is 9.33. The van der Waals surface area contributed by atoms with Gasteiger partial charge in [0.25, 0.3) is 0 Å². The minimum Gasteiger partial charge on any atom is -0.341 e. The van der Waals surface area contributed by atoms with E-state index in [9.17, 15) is 0 Å². The van der Waals surface area contributed by atoms with Crippen LogP contribution in [0.3, 0.4) is 0 Å². The highest BCUT2D eigenvalue weighted by molar-refractivity contribution is 5.19. The number of fused-ring (bicyclic) bond motifs is 3. The maximum absolute atomic E-state index is 6.29. The first kappa shape index (κ1) is 17.1. The molecule has 0 saturated carbocycles. The van der Waals surface area contributed by atoms with Gasteiger partial charge in [-0.1, -0.05) is 72.8 Å². The number of hydrogen-bond acceptors (Lipinski definition) is 5. The lowest BCUT2D eigenvalue weighted by Crippen LogP contribution is -2.48. The summed E-state index contributed by atoms with van der Waals surface area (Å²) in [7, 11) is 0. The molecule has 5 heteroatoms. The number of ether oxygens (including phenoxy) is 5. The van der Waals surface area contributed by atoms with E-state index in [2.05, 4.69) is 0 Å². The lowest BCUT2D eigenvalue weighted by Gasteiger charge is -2.38. The molecule has 0 radical (unpaired) electrons. The van der Waals surface area contributed by atoms with E-state index in [1.54, 1.807) is 0 Å². The van der Waals surface area contributed by atoms with Crippen LogP contribution in [0.15, 0.2) is 72.8 Å². The van der Waals surface area contributed by atoms with Crippen molar-refractivity contribution in [3.8, 4) is 0 Å². The van der Waals surface area contributed by atoms with E-state index >= 15 is 0 Å². The third-order valence-electron chi connectivity index (χ3n) is 5.16. The number of rotatable bonds is 3. The fraction of sp³-hybridized carbons (Fsp3) is 0.364. The molecule has 7 atom stereocenters. The van der Waals surface area contributed by atoms with Crippen LogP contribution in [-0.4, -0.2) is 30.7 Å². The highest BCUT2D eigenvalue weighted by Crippen LogP contribution is 2.45. The van der Waals surface area contributed by atoms with Crippen LogP contribution in [0, 0.1) is 0 Å². The second-order valence-electron chi connectivity index (χ2n) is 6.92. The molecule has 2 aromatic carbocycles. The van der Waals surface area contributed by atoms with Crippen LogP contribution in [-0.2, 0) is 23.7 Å². The fourth-order valence-electron chi connectivity index (χ4n) is 3.89. The quantitative estimate of drug-likeness (QED) is 0.772. The van der Waals surface area contributed by atoms with E-state index in [-0.39, 0.29) is 24.4 Å². The summed E-state index contributed by atoms with van der Waals surface area (Å²) in [4.78, 5) is 0. The Balaban J connectivity index is 1.39. The zero-order chi connectivity index (χ0) is 18.2. The molecule has 3 fully saturated rings. The van der Waals surface area contributed by atoms with Gasteiger partial charge >= 0.3 is 0 Å². The van der Waals surface area contributed by atoms with Crippen molar-refractivity contribution in [1.82, 2.24) is 0 Å². The van der Waals surface area contributed by atoms with Gasteiger partial charge in [0, 0.05) is 11.1 Å². The molecule has 140 valence electrons. The van der Waals surface area contributed by atoms with Crippen molar-refractivity contribution >= 4 is 0 Å². The Hall–Kier alpha value is -2.02. The predicted octanol–water partition coefficient (Wildman–Crippen LogP) is 3.88.